The van der Waals surface area contributed by atoms with Crippen molar-refractivity contribution in [3.8, 4) is 5.75 Å². The number of halogens is 3. The molecular formula is C13H16F3NO4. The number of nitrogens with one attached hydrogen (secondary N) is 1. The molecule has 1 aromatic carbocycles. The van der Waals surface area contributed by atoms with Crippen molar-refractivity contribution in [2.24, 2.45) is 0 Å². The molecule has 0 fully saturated rings. The molecule has 0 aliphatic carbocycles. The van der Waals surface area contributed by atoms with E-state index in [1.807, 2.05) is 0 Å². The Labute approximate surface area is 120 Å². The molecule has 0 aromatic heterocycles. The van der Waals surface area contributed by atoms with E-state index in [0.717, 1.165) is 0 Å². The van der Waals surface area contributed by atoms with Crippen molar-refractivity contribution in [1.82, 2.24) is 0 Å². The maximum atomic E-state index is 12.1. The minimum atomic E-state index is -4.44. The molecule has 21 heavy (non-hydrogen) atoms. The van der Waals surface area contributed by atoms with Gasteiger partial charge >= 0.3 is 6.18 Å². The minimum absolute atomic E-state index is 0.0555. The van der Waals surface area contributed by atoms with Crippen LogP contribution < -0.4 is 10.1 Å². The number of methoxy groups -OCH3 is 1. The molecule has 0 bridgehead atoms. The highest BCUT2D eigenvalue weighted by molar-refractivity contribution is 5.93. The molecule has 1 N–H and O–H groups in total. The molecule has 1 rings (SSSR count). The van der Waals surface area contributed by atoms with Gasteiger partial charge in [0.25, 0.3) is 0 Å². The first-order valence-corrected chi connectivity index (χ1v) is 6.07. The Kier molecular flexibility index (Phi) is 6.97. The summed E-state index contributed by atoms with van der Waals surface area (Å²) >= 11 is 0. The van der Waals surface area contributed by atoms with Crippen molar-refractivity contribution in [2.75, 3.05) is 38.9 Å². The van der Waals surface area contributed by atoms with Crippen molar-refractivity contribution < 1.29 is 32.2 Å². The SMILES string of the molecule is COCCOCC(=O)Nc1ccccc1OCC(F)(F)F. The highest BCUT2D eigenvalue weighted by Crippen LogP contribution is 2.26. The normalized spacial score (nSPS) is 11.2. The van der Waals surface area contributed by atoms with E-state index < -0.39 is 18.7 Å². The third-order valence-electron chi connectivity index (χ3n) is 2.22. The third-order valence-corrected chi connectivity index (χ3v) is 2.22. The number of carbonyl (C=O) groups excluding carboxylic acids is 1. The van der Waals surface area contributed by atoms with E-state index in [2.05, 4.69) is 10.1 Å². The van der Waals surface area contributed by atoms with Crippen LogP contribution >= 0.6 is 0 Å². The molecular weight excluding hydrogens is 291 g/mol. The fourth-order valence-corrected chi connectivity index (χ4v) is 1.35. The molecule has 0 unspecified atom stereocenters. The zero-order valence-corrected chi connectivity index (χ0v) is 11.4. The predicted molar refractivity (Wildman–Crippen MR) is 69.3 cm³/mol. The summed E-state index contributed by atoms with van der Waals surface area (Å²) in [4.78, 5) is 11.6. The lowest BCUT2D eigenvalue weighted by Gasteiger charge is -2.13. The van der Waals surface area contributed by atoms with Crippen LogP contribution in [-0.2, 0) is 14.3 Å². The molecule has 0 atom stereocenters. The van der Waals surface area contributed by atoms with Gasteiger partial charge in [-0.15, -0.1) is 0 Å². The highest BCUT2D eigenvalue weighted by Gasteiger charge is 2.28. The van der Waals surface area contributed by atoms with Crippen LogP contribution in [0, 0.1) is 0 Å². The fraction of sp³-hybridized carbons (Fsp3) is 0.462. The Hall–Kier alpha value is -1.80. The highest BCUT2D eigenvalue weighted by atomic mass is 19.4. The van der Waals surface area contributed by atoms with E-state index in [9.17, 15) is 18.0 Å². The second-order valence-corrected chi connectivity index (χ2v) is 3.99. The van der Waals surface area contributed by atoms with E-state index in [-0.39, 0.29) is 24.7 Å². The zero-order chi connectivity index (χ0) is 15.7. The molecule has 0 spiro atoms. The molecule has 0 saturated heterocycles. The van der Waals surface area contributed by atoms with Crippen molar-refractivity contribution in [3.05, 3.63) is 24.3 Å². The first-order chi connectivity index (χ1) is 9.92. The summed E-state index contributed by atoms with van der Waals surface area (Å²) in [5.74, 6) is -0.547. The quantitative estimate of drug-likeness (QED) is 0.748. The molecule has 0 heterocycles. The summed E-state index contributed by atoms with van der Waals surface area (Å²) in [5, 5.41) is 2.43. The van der Waals surface area contributed by atoms with Crippen LogP contribution in [0.15, 0.2) is 24.3 Å². The number of para-hydroxylation sites is 2. The summed E-state index contributed by atoms with van der Waals surface area (Å²) in [5.41, 5.74) is 0.155. The number of ether oxygens (including phenoxy) is 3. The van der Waals surface area contributed by atoms with Gasteiger partial charge in [-0.25, -0.2) is 0 Å². The lowest BCUT2D eigenvalue weighted by Crippen LogP contribution is -2.22. The second kappa shape index (κ2) is 8.48. The van der Waals surface area contributed by atoms with E-state index in [0.29, 0.717) is 6.61 Å². The first kappa shape index (κ1) is 17.3. The van der Waals surface area contributed by atoms with Crippen molar-refractivity contribution in [3.63, 3.8) is 0 Å². The van der Waals surface area contributed by atoms with Gasteiger partial charge in [0.05, 0.1) is 18.9 Å². The van der Waals surface area contributed by atoms with Crippen LogP contribution in [-0.4, -0.2) is 45.6 Å². The van der Waals surface area contributed by atoms with Gasteiger partial charge in [-0.2, -0.15) is 13.2 Å². The topological polar surface area (TPSA) is 56.8 Å². The molecule has 5 nitrogen and oxygen atoms in total. The number of hydrogen-bond acceptors (Lipinski definition) is 4. The second-order valence-electron chi connectivity index (χ2n) is 3.99. The Morgan fingerprint density at radius 1 is 1.24 bits per heavy atom. The maximum Gasteiger partial charge on any atom is 0.422 e. The Morgan fingerprint density at radius 2 is 1.95 bits per heavy atom. The number of hydrogen-bond donors (Lipinski definition) is 1. The van der Waals surface area contributed by atoms with E-state index >= 15 is 0 Å². The first-order valence-electron chi connectivity index (χ1n) is 6.07. The monoisotopic (exact) mass is 307 g/mol. The zero-order valence-electron chi connectivity index (χ0n) is 11.4. The number of anilines is 1. The molecule has 0 aliphatic rings. The summed E-state index contributed by atoms with van der Waals surface area (Å²) in [6, 6.07) is 5.87. The van der Waals surface area contributed by atoms with Gasteiger partial charge in [-0.05, 0) is 12.1 Å². The van der Waals surface area contributed by atoms with Gasteiger partial charge in [0, 0.05) is 7.11 Å². The van der Waals surface area contributed by atoms with Crippen LogP contribution in [0.5, 0.6) is 5.75 Å². The van der Waals surface area contributed by atoms with E-state index in [4.69, 9.17) is 9.47 Å². The van der Waals surface area contributed by atoms with Crippen LogP contribution in [0.25, 0.3) is 0 Å². The van der Waals surface area contributed by atoms with Crippen molar-refractivity contribution in [2.45, 2.75) is 6.18 Å². The van der Waals surface area contributed by atoms with Crippen molar-refractivity contribution in [1.29, 1.82) is 0 Å². The smallest absolute Gasteiger partial charge is 0.422 e. The summed E-state index contributed by atoms with van der Waals surface area (Å²) in [6.07, 6.45) is -4.44. The number of rotatable bonds is 8. The van der Waals surface area contributed by atoms with E-state index in [1.165, 1.54) is 25.3 Å². The van der Waals surface area contributed by atoms with Crippen molar-refractivity contribution >= 4 is 11.6 Å². The molecule has 0 radical (unpaired) electrons. The Bertz CT molecular complexity index is 451. The lowest BCUT2D eigenvalue weighted by atomic mass is 10.3. The van der Waals surface area contributed by atoms with Gasteiger partial charge < -0.3 is 19.5 Å². The Balaban J connectivity index is 2.52. The molecule has 0 saturated carbocycles. The van der Waals surface area contributed by atoms with Gasteiger partial charge in [0.15, 0.2) is 6.61 Å². The molecule has 1 aromatic rings. The largest absolute Gasteiger partial charge is 0.482 e. The number of alkyl halides is 3. The van der Waals surface area contributed by atoms with E-state index in [1.54, 1.807) is 6.07 Å². The van der Waals surface area contributed by atoms with Crippen LogP contribution in [0.1, 0.15) is 0 Å². The maximum absolute atomic E-state index is 12.1. The standard InChI is InChI=1S/C13H16F3NO4/c1-19-6-7-20-8-12(18)17-10-4-2-3-5-11(10)21-9-13(14,15)16/h2-5H,6-9H2,1H3,(H,17,18). The van der Waals surface area contributed by atoms with Gasteiger partial charge in [-0.3, -0.25) is 4.79 Å². The summed E-state index contributed by atoms with van der Waals surface area (Å²) < 4.78 is 50.8. The molecule has 1 amide bonds. The molecule has 8 heteroatoms. The minimum Gasteiger partial charge on any atom is -0.482 e. The predicted octanol–water partition coefficient (Wildman–Crippen LogP) is 2.23. The van der Waals surface area contributed by atoms with Gasteiger partial charge in [-0.1, -0.05) is 12.1 Å². The van der Waals surface area contributed by atoms with Gasteiger partial charge in [0.2, 0.25) is 5.91 Å². The summed E-state index contributed by atoms with van der Waals surface area (Å²) in [7, 11) is 1.50. The molecule has 0 aliphatic heterocycles. The lowest BCUT2D eigenvalue weighted by molar-refractivity contribution is -0.153. The average molecular weight is 307 g/mol. The van der Waals surface area contributed by atoms with Crippen LogP contribution in [0.4, 0.5) is 18.9 Å². The number of amides is 1. The average Bonchev–Trinajstić information content (AvgIpc) is 2.42. The van der Waals surface area contributed by atoms with Gasteiger partial charge in [0.1, 0.15) is 12.4 Å². The van der Waals surface area contributed by atoms with Crippen LogP contribution in [0.2, 0.25) is 0 Å². The number of benzene rings is 1. The third kappa shape index (κ3) is 7.52. The summed E-state index contributed by atoms with van der Waals surface area (Å²) in [6.45, 7) is -1.06. The Morgan fingerprint density at radius 3 is 2.62 bits per heavy atom. The fourth-order valence-electron chi connectivity index (χ4n) is 1.35. The number of carbonyl (C=O) groups is 1. The molecule has 118 valence electrons. The van der Waals surface area contributed by atoms with Crippen LogP contribution in [0.3, 0.4) is 0 Å².